The fourth-order valence-electron chi connectivity index (χ4n) is 9.63. The summed E-state index contributed by atoms with van der Waals surface area (Å²) in [5.41, 5.74) is -0.891. The summed E-state index contributed by atoms with van der Waals surface area (Å²) in [6, 6.07) is 38.4. The summed E-state index contributed by atoms with van der Waals surface area (Å²) >= 11 is 6.29. The second-order valence-electron chi connectivity index (χ2n) is 19.6. The van der Waals surface area contributed by atoms with Crippen molar-refractivity contribution < 1.29 is 56.1 Å². The number of imidazole rings is 1. The summed E-state index contributed by atoms with van der Waals surface area (Å²) in [4.78, 5) is 79.6. The van der Waals surface area contributed by atoms with E-state index in [2.05, 4.69) is 25.3 Å². The van der Waals surface area contributed by atoms with E-state index < -0.39 is 91.5 Å². The van der Waals surface area contributed by atoms with Gasteiger partial charge in [0.2, 0.25) is 11.9 Å². The van der Waals surface area contributed by atoms with Crippen LogP contribution in [0.15, 0.2) is 160 Å². The standard InChI is InChI=1S/C58H57ClN7O15P/c1-34(2)52(67)62-56-61-51-50(54(69)63-56)60-33-66(51)49-28-44(79-55(70)36-12-8-6-9-13-36)47(78-49)32-76-82(72,80-43-26-20-40(59)21-27-43)81-45-29-48(65-30-35(3)53(68)64-57(65)71)77-46(45)31-75-58(37-14-10-7-11-15-37,38-16-22-41(73-4)23-17-38)39-18-24-42(74-5)25-19-39/h6-27,30,33-34,44-49H,28-29,31-32H2,1-5H3,(H,64,68,71)(H2,61,62,63,67,69)/t44-,45-,46+,47+,48+,49+,82?/m0/s1. The first kappa shape index (κ1) is 57.0. The molecule has 22 nitrogen and oxygen atoms in total. The van der Waals surface area contributed by atoms with Crippen LogP contribution in [0.3, 0.4) is 0 Å². The predicted octanol–water partition coefficient (Wildman–Crippen LogP) is 8.64. The van der Waals surface area contributed by atoms with Crippen LogP contribution in [-0.2, 0) is 43.0 Å². The molecule has 0 aliphatic carbocycles. The van der Waals surface area contributed by atoms with E-state index in [-0.39, 0.29) is 53.4 Å². The number of aromatic amines is 2. The molecule has 0 radical (unpaired) electrons. The van der Waals surface area contributed by atoms with Gasteiger partial charge >= 0.3 is 19.5 Å². The number of nitrogens with one attached hydrogen (secondary N) is 3. The molecule has 426 valence electrons. The van der Waals surface area contributed by atoms with Crippen molar-refractivity contribution in [2.45, 2.75) is 76.1 Å². The van der Waals surface area contributed by atoms with Gasteiger partial charge in [0.15, 0.2) is 11.2 Å². The van der Waals surface area contributed by atoms with Crippen LogP contribution in [0.5, 0.6) is 17.2 Å². The molecule has 0 saturated carbocycles. The Morgan fingerprint density at radius 1 is 0.744 bits per heavy atom. The van der Waals surface area contributed by atoms with Crippen LogP contribution < -0.4 is 36.1 Å². The Kier molecular flexibility index (Phi) is 17.0. The van der Waals surface area contributed by atoms with Gasteiger partial charge in [-0.2, -0.15) is 4.98 Å². The number of halogens is 1. The van der Waals surface area contributed by atoms with E-state index in [1.807, 2.05) is 78.9 Å². The average Bonchev–Trinajstić information content (AvgIpc) is 2.61. The van der Waals surface area contributed by atoms with Gasteiger partial charge in [-0.1, -0.05) is 98.2 Å². The monoisotopic (exact) mass is 1160 g/mol. The molecule has 7 atom stereocenters. The number of nitrogens with zero attached hydrogens (tertiary/aromatic N) is 4. The second kappa shape index (κ2) is 24.5. The number of phosphoric ester groups is 1. The second-order valence-corrected chi connectivity index (χ2v) is 21.6. The van der Waals surface area contributed by atoms with Gasteiger partial charge in [-0.25, -0.2) is 19.1 Å². The summed E-state index contributed by atoms with van der Waals surface area (Å²) in [5.74, 6) is -0.460. The molecule has 24 heteroatoms. The minimum Gasteiger partial charge on any atom is -0.497 e. The van der Waals surface area contributed by atoms with Gasteiger partial charge in [0, 0.05) is 35.5 Å². The smallest absolute Gasteiger partial charge is 0.497 e. The Morgan fingerprint density at radius 3 is 1.94 bits per heavy atom. The first-order valence-corrected chi connectivity index (χ1v) is 27.9. The average molecular weight is 1160 g/mol. The minimum absolute atomic E-state index is 0.0180. The van der Waals surface area contributed by atoms with E-state index in [9.17, 15) is 24.0 Å². The van der Waals surface area contributed by atoms with E-state index in [4.69, 9.17) is 53.6 Å². The third-order valence-electron chi connectivity index (χ3n) is 13.9. The van der Waals surface area contributed by atoms with Crippen molar-refractivity contribution in [3.63, 3.8) is 0 Å². The quantitative estimate of drug-likeness (QED) is 0.0345. The third kappa shape index (κ3) is 12.3. The Morgan fingerprint density at radius 2 is 1.32 bits per heavy atom. The van der Waals surface area contributed by atoms with Crippen LogP contribution >= 0.6 is 19.4 Å². The van der Waals surface area contributed by atoms with Crippen LogP contribution in [0.4, 0.5) is 5.95 Å². The molecule has 0 bridgehead atoms. The van der Waals surface area contributed by atoms with Gasteiger partial charge < -0.3 is 32.9 Å². The number of phosphoric acid groups is 1. The number of benzene rings is 5. The normalized spacial score (nSPS) is 19.6. The number of esters is 1. The maximum atomic E-state index is 15.8. The van der Waals surface area contributed by atoms with Crippen molar-refractivity contribution in [1.29, 1.82) is 0 Å². The van der Waals surface area contributed by atoms with Gasteiger partial charge in [-0.15, -0.1) is 0 Å². The summed E-state index contributed by atoms with van der Waals surface area (Å²) in [6.45, 7) is 4.00. The molecule has 5 aromatic carbocycles. The Labute approximate surface area is 473 Å². The first-order valence-electron chi connectivity index (χ1n) is 26.1. The minimum atomic E-state index is -4.96. The van der Waals surface area contributed by atoms with E-state index in [0.29, 0.717) is 33.2 Å². The zero-order chi connectivity index (χ0) is 57.7. The predicted molar refractivity (Wildman–Crippen MR) is 299 cm³/mol. The molecule has 8 aromatic rings. The number of anilines is 1. The van der Waals surface area contributed by atoms with Crippen molar-refractivity contribution in [2.75, 3.05) is 32.8 Å². The number of aryl methyl sites for hydroxylation is 1. The molecule has 5 heterocycles. The number of amides is 1. The van der Waals surface area contributed by atoms with Crippen molar-refractivity contribution in [1.82, 2.24) is 29.1 Å². The fraction of sp³-hybridized carbons (Fsp3) is 0.293. The van der Waals surface area contributed by atoms with E-state index in [1.165, 1.54) is 52.8 Å². The number of ether oxygens (including phenoxy) is 6. The van der Waals surface area contributed by atoms with E-state index in [0.717, 1.165) is 0 Å². The van der Waals surface area contributed by atoms with Gasteiger partial charge in [-0.05, 0) is 84.3 Å². The number of aromatic nitrogens is 6. The zero-order valence-electron chi connectivity index (χ0n) is 45.0. The van der Waals surface area contributed by atoms with Crippen molar-refractivity contribution in [2.24, 2.45) is 5.92 Å². The molecule has 82 heavy (non-hydrogen) atoms. The summed E-state index contributed by atoms with van der Waals surface area (Å²) in [6.07, 6.45) is -4.46. The van der Waals surface area contributed by atoms with Crippen LogP contribution in [0.25, 0.3) is 11.2 Å². The lowest BCUT2D eigenvalue weighted by Crippen LogP contribution is -2.38. The highest BCUT2D eigenvalue weighted by Crippen LogP contribution is 2.54. The van der Waals surface area contributed by atoms with E-state index >= 15 is 4.57 Å². The zero-order valence-corrected chi connectivity index (χ0v) is 46.6. The fourth-order valence-corrected chi connectivity index (χ4v) is 11.2. The molecular formula is C58H57ClN7O15P. The molecular weight excluding hydrogens is 1100 g/mol. The van der Waals surface area contributed by atoms with Crippen molar-refractivity contribution in [3.8, 4) is 17.2 Å². The number of fused-ring (bicyclic) bond motifs is 1. The Hall–Kier alpha value is -8.21. The largest absolute Gasteiger partial charge is 0.530 e. The molecule has 10 rings (SSSR count). The Bertz CT molecular complexity index is 3740. The van der Waals surface area contributed by atoms with Crippen LogP contribution in [0.1, 0.15) is 71.8 Å². The number of hydrogen-bond acceptors (Lipinski definition) is 17. The highest BCUT2D eigenvalue weighted by Gasteiger charge is 2.48. The van der Waals surface area contributed by atoms with Gasteiger partial charge in [-0.3, -0.25) is 47.9 Å². The van der Waals surface area contributed by atoms with E-state index in [1.54, 1.807) is 58.4 Å². The lowest BCUT2D eigenvalue weighted by molar-refractivity contribution is -0.118. The molecule has 1 unspecified atom stereocenters. The molecule has 2 fully saturated rings. The lowest BCUT2D eigenvalue weighted by atomic mass is 9.80. The highest BCUT2D eigenvalue weighted by molar-refractivity contribution is 7.49. The van der Waals surface area contributed by atoms with Crippen LogP contribution in [0.2, 0.25) is 5.02 Å². The molecule has 0 spiro atoms. The number of rotatable bonds is 21. The van der Waals surface area contributed by atoms with Gasteiger partial charge in [0.1, 0.15) is 59.7 Å². The first-order chi connectivity index (χ1) is 39.5. The van der Waals surface area contributed by atoms with Gasteiger partial charge in [0.05, 0.1) is 39.3 Å². The third-order valence-corrected chi connectivity index (χ3v) is 15.6. The Balaban J connectivity index is 1.02. The number of methoxy groups -OCH3 is 2. The lowest BCUT2D eigenvalue weighted by Gasteiger charge is -2.37. The van der Waals surface area contributed by atoms with Crippen molar-refractivity contribution in [3.05, 3.63) is 210 Å². The van der Waals surface area contributed by atoms with Crippen LogP contribution in [0, 0.1) is 12.8 Å². The maximum Gasteiger partial charge on any atom is 0.530 e. The summed E-state index contributed by atoms with van der Waals surface area (Å²) in [7, 11) is -1.83. The highest BCUT2D eigenvalue weighted by atomic mass is 35.5. The topological polar surface area (TPSA) is 265 Å². The molecule has 1 amide bonds. The number of carbonyl (C=O) groups is 2. The number of carbonyl (C=O) groups excluding carboxylic acids is 2. The number of H-pyrrole nitrogens is 2. The molecule has 2 aliphatic rings. The van der Waals surface area contributed by atoms with Crippen LogP contribution in [-0.4, -0.2) is 92.8 Å². The van der Waals surface area contributed by atoms with Gasteiger partial charge in [0.25, 0.3) is 11.1 Å². The SMILES string of the molecule is COc1ccc(C(OC[C@H]2O[C@@H](n3cc(C)c(=O)[nH]c3=O)C[C@@H]2OP(=O)(OC[C@H]2O[C@@H](n3cnc4c(=O)[nH]c(NC(=O)C(C)C)nc43)C[C@@H]2OC(=O)c2ccccc2)Oc2ccc(Cl)cc2)(c2ccccc2)c2ccc(OC)cc2)cc1. The molecule has 2 aliphatic heterocycles. The maximum absolute atomic E-state index is 15.8. The molecule has 3 N–H and O–H groups in total. The molecule has 3 aromatic heterocycles. The summed E-state index contributed by atoms with van der Waals surface area (Å²) < 4.78 is 75.3. The number of hydrogen-bond donors (Lipinski definition) is 3. The van der Waals surface area contributed by atoms with Crippen molar-refractivity contribution >= 4 is 48.4 Å². The molecule has 2 saturated heterocycles. The summed E-state index contributed by atoms with van der Waals surface area (Å²) in [5, 5.41) is 2.95.